The topological polar surface area (TPSA) is 110 Å². The number of epoxide rings is 1. The average Bonchev–Trinajstić information content (AvgIpc) is 3.64. The second-order valence-electron chi connectivity index (χ2n) is 12.3. The molecule has 42 heavy (non-hydrogen) atoms. The van der Waals surface area contributed by atoms with E-state index in [0.717, 1.165) is 17.6 Å². The van der Waals surface area contributed by atoms with E-state index >= 15 is 0 Å². The number of halogens is 1. The molecule has 232 valence electrons. The highest BCUT2D eigenvalue weighted by Crippen LogP contribution is 2.53. The summed E-state index contributed by atoms with van der Waals surface area (Å²) < 4.78 is 23.3. The third kappa shape index (κ3) is 6.34. The van der Waals surface area contributed by atoms with Crippen molar-refractivity contribution >= 4 is 29.3 Å². The Balaban J connectivity index is 1.80. The summed E-state index contributed by atoms with van der Waals surface area (Å²) in [4.78, 5) is 28.1. The fourth-order valence-electron chi connectivity index (χ4n) is 6.57. The summed E-state index contributed by atoms with van der Waals surface area (Å²) in [7, 11) is 4.79. The zero-order valence-electron chi connectivity index (χ0n) is 25.9. The maximum atomic E-state index is 13.8. The van der Waals surface area contributed by atoms with Gasteiger partial charge in [-0.3, -0.25) is 10.1 Å². The van der Waals surface area contributed by atoms with Crippen LogP contribution in [0.3, 0.4) is 0 Å². The number of carbonyl (C=O) groups is 2. The van der Waals surface area contributed by atoms with Crippen molar-refractivity contribution in [2.45, 2.75) is 89.9 Å². The number of fused-ring (bicyclic) bond motifs is 5. The zero-order chi connectivity index (χ0) is 31.0. The van der Waals surface area contributed by atoms with E-state index < -0.39 is 29.6 Å². The van der Waals surface area contributed by atoms with Crippen molar-refractivity contribution < 1.29 is 33.6 Å². The third-order valence-corrected chi connectivity index (χ3v) is 9.79. The maximum absolute atomic E-state index is 13.8. The van der Waals surface area contributed by atoms with Gasteiger partial charge in [0.1, 0.15) is 23.0 Å². The molecule has 3 aliphatic heterocycles. The minimum atomic E-state index is -1.68. The third-order valence-electron chi connectivity index (χ3n) is 9.41. The predicted octanol–water partition coefficient (Wildman–Crippen LogP) is 5.42. The van der Waals surface area contributed by atoms with Gasteiger partial charge >= 0.3 is 6.09 Å². The number of anilines is 1. The number of aliphatic hydroxyl groups is 1. The molecule has 2 saturated heterocycles. The first-order valence-corrected chi connectivity index (χ1v) is 15.0. The molecule has 2 N–H and O–H groups in total. The molecule has 2 fully saturated rings. The van der Waals surface area contributed by atoms with Gasteiger partial charge in [-0.2, -0.15) is 0 Å². The SMILES string of the molecule is CCC(C)C1CC(=O)N(C)c2cc(cc(OC)c2Cl)C/C(C)=C/C=C/C(OC)C2(O)CC(OC(=O)N2)C(C)C2OC12C. The van der Waals surface area contributed by atoms with Crippen molar-refractivity contribution in [2.75, 3.05) is 26.2 Å². The van der Waals surface area contributed by atoms with Crippen LogP contribution in [0.1, 0.15) is 59.4 Å². The van der Waals surface area contributed by atoms with E-state index in [1.165, 1.54) is 7.11 Å². The molecule has 1 aromatic carbocycles. The van der Waals surface area contributed by atoms with Crippen LogP contribution in [0.2, 0.25) is 5.02 Å². The van der Waals surface area contributed by atoms with Crippen LogP contribution < -0.4 is 15.0 Å². The Morgan fingerprint density at radius 2 is 2.00 bits per heavy atom. The second kappa shape index (κ2) is 12.6. The number of nitrogens with zero attached hydrogens (tertiary/aromatic N) is 1. The Morgan fingerprint density at radius 1 is 1.29 bits per heavy atom. The van der Waals surface area contributed by atoms with Crippen molar-refractivity contribution in [1.82, 2.24) is 5.32 Å². The second-order valence-corrected chi connectivity index (χ2v) is 12.7. The number of rotatable bonds is 4. The lowest BCUT2D eigenvalue weighted by molar-refractivity contribution is -0.142. The van der Waals surface area contributed by atoms with E-state index in [0.29, 0.717) is 22.9 Å². The summed E-state index contributed by atoms with van der Waals surface area (Å²) in [6.45, 7) is 10.2. The van der Waals surface area contributed by atoms with Gasteiger partial charge in [0.15, 0.2) is 5.72 Å². The molecule has 10 heteroatoms. The number of hydrogen-bond acceptors (Lipinski definition) is 7. The molecule has 0 aliphatic carbocycles. The monoisotopic (exact) mass is 604 g/mol. The van der Waals surface area contributed by atoms with Crippen LogP contribution in [0.4, 0.5) is 10.5 Å². The van der Waals surface area contributed by atoms with Gasteiger partial charge in [0.05, 0.1) is 24.5 Å². The standard InChI is InChI=1S/C32H45ClN2O7/c1-9-19(3)22-16-27(36)35(6)23-14-21(15-24(39-7)28(23)33)13-18(2)11-10-12-26(40-8)32(38)17-25(41-30(37)34-32)20(4)29-31(22,5)42-29/h10-12,14-15,19-20,22,25-26,29,38H,9,13,16-17H2,1-8H3,(H,34,37)/b12-10+,18-11+. The Bertz CT molecular complexity index is 1250. The minimum absolute atomic E-state index is 0.0803. The van der Waals surface area contributed by atoms with E-state index in [2.05, 4.69) is 19.2 Å². The van der Waals surface area contributed by atoms with Gasteiger partial charge < -0.3 is 29.0 Å². The van der Waals surface area contributed by atoms with Gasteiger partial charge in [-0.15, -0.1) is 0 Å². The Kier molecular flexibility index (Phi) is 9.67. The molecule has 3 heterocycles. The first-order valence-electron chi connectivity index (χ1n) is 14.7. The van der Waals surface area contributed by atoms with Crippen molar-refractivity contribution in [1.29, 1.82) is 0 Å². The Labute approximate surface area is 254 Å². The number of hydrogen-bond donors (Lipinski definition) is 2. The first-order chi connectivity index (χ1) is 19.8. The molecule has 0 spiro atoms. The number of methoxy groups -OCH3 is 2. The zero-order valence-corrected chi connectivity index (χ0v) is 26.7. The van der Waals surface area contributed by atoms with Crippen LogP contribution in [0, 0.1) is 17.8 Å². The predicted molar refractivity (Wildman–Crippen MR) is 162 cm³/mol. The van der Waals surface area contributed by atoms with Crippen LogP contribution in [0.25, 0.3) is 0 Å². The fourth-order valence-corrected chi connectivity index (χ4v) is 6.88. The number of benzene rings is 1. The molecule has 8 atom stereocenters. The summed E-state index contributed by atoms with van der Waals surface area (Å²) in [5.41, 5.74) is 0.231. The van der Waals surface area contributed by atoms with Crippen LogP contribution in [0.5, 0.6) is 5.75 Å². The van der Waals surface area contributed by atoms with Gasteiger partial charge in [-0.25, -0.2) is 4.79 Å². The summed E-state index contributed by atoms with van der Waals surface area (Å²) in [5, 5.41) is 14.6. The van der Waals surface area contributed by atoms with Crippen LogP contribution >= 0.6 is 11.6 Å². The van der Waals surface area contributed by atoms with Crippen molar-refractivity contribution in [3.05, 3.63) is 46.5 Å². The number of alkyl carbamates (subject to hydrolysis) is 1. The van der Waals surface area contributed by atoms with Crippen LogP contribution in [-0.4, -0.2) is 68.0 Å². The molecular weight excluding hydrogens is 560 g/mol. The molecule has 1 aromatic rings. The number of ether oxygens (including phenoxy) is 4. The first kappa shape index (κ1) is 32.3. The highest BCUT2D eigenvalue weighted by molar-refractivity contribution is 6.35. The summed E-state index contributed by atoms with van der Waals surface area (Å²) in [6, 6.07) is 3.80. The summed E-state index contributed by atoms with van der Waals surface area (Å²) in [6.07, 6.45) is 4.81. The minimum Gasteiger partial charge on any atom is -0.495 e. The quantitative estimate of drug-likeness (QED) is 0.442. The highest BCUT2D eigenvalue weighted by Gasteiger charge is 2.63. The molecule has 2 amide bonds. The van der Waals surface area contributed by atoms with E-state index in [-0.39, 0.29) is 42.6 Å². The molecular formula is C32H45ClN2O7. The molecule has 4 rings (SSSR count). The van der Waals surface area contributed by atoms with E-state index in [1.54, 1.807) is 31.2 Å². The van der Waals surface area contributed by atoms with Crippen molar-refractivity contribution in [3.63, 3.8) is 0 Å². The molecule has 8 unspecified atom stereocenters. The molecule has 9 nitrogen and oxygen atoms in total. The number of nitrogens with one attached hydrogen (secondary N) is 1. The number of amides is 2. The van der Waals surface area contributed by atoms with E-state index in [9.17, 15) is 14.7 Å². The lowest BCUT2D eigenvalue weighted by Crippen LogP contribution is -2.63. The normalized spacial score (nSPS) is 36.6. The summed E-state index contributed by atoms with van der Waals surface area (Å²) >= 11 is 6.73. The maximum Gasteiger partial charge on any atom is 0.409 e. The lowest BCUT2D eigenvalue weighted by atomic mass is 9.74. The Hall–Kier alpha value is -2.59. The van der Waals surface area contributed by atoms with E-state index in [1.807, 2.05) is 39.0 Å². The smallest absolute Gasteiger partial charge is 0.409 e. The fraction of sp³-hybridized carbons (Fsp3) is 0.625. The largest absolute Gasteiger partial charge is 0.495 e. The van der Waals surface area contributed by atoms with Gasteiger partial charge in [0.25, 0.3) is 0 Å². The van der Waals surface area contributed by atoms with E-state index in [4.69, 9.17) is 30.5 Å². The van der Waals surface area contributed by atoms with Gasteiger partial charge in [0, 0.05) is 38.8 Å². The van der Waals surface area contributed by atoms with Gasteiger partial charge in [0.2, 0.25) is 5.91 Å². The molecule has 0 saturated carbocycles. The van der Waals surface area contributed by atoms with Crippen molar-refractivity contribution in [2.24, 2.45) is 17.8 Å². The van der Waals surface area contributed by atoms with Crippen LogP contribution in [-0.2, 0) is 25.4 Å². The molecule has 0 radical (unpaired) electrons. The Morgan fingerprint density at radius 3 is 2.64 bits per heavy atom. The highest BCUT2D eigenvalue weighted by atomic mass is 35.5. The molecule has 0 aromatic heterocycles. The average molecular weight is 605 g/mol. The summed E-state index contributed by atoms with van der Waals surface area (Å²) in [5.74, 6) is 0.245. The molecule has 3 aliphatic rings. The lowest BCUT2D eigenvalue weighted by Gasteiger charge is -2.42. The molecule has 4 bridgehead atoms. The van der Waals surface area contributed by atoms with Gasteiger partial charge in [-0.05, 0) is 43.9 Å². The number of carbonyl (C=O) groups excluding carboxylic acids is 2. The van der Waals surface area contributed by atoms with Crippen molar-refractivity contribution in [3.8, 4) is 5.75 Å². The van der Waals surface area contributed by atoms with Crippen LogP contribution in [0.15, 0.2) is 35.9 Å². The van der Waals surface area contributed by atoms with Gasteiger partial charge in [-0.1, -0.05) is 62.6 Å². The number of allylic oxidation sites excluding steroid dienone is 3.